The molecule has 0 aliphatic rings. The van der Waals surface area contributed by atoms with Crippen molar-refractivity contribution in [3.8, 4) is 17.6 Å². The number of phenols is 1. The Morgan fingerprint density at radius 3 is 3.04 bits per heavy atom. The van der Waals surface area contributed by atoms with Crippen molar-refractivity contribution in [3.05, 3.63) is 59.7 Å². The summed E-state index contributed by atoms with van der Waals surface area (Å²) in [6.45, 7) is 2.71. The van der Waals surface area contributed by atoms with Crippen molar-refractivity contribution in [2.24, 2.45) is 0 Å². The molecular weight excluding hydrogens is 372 g/mol. The topological polar surface area (TPSA) is 100 Å². The molecule has 0 radical (unpaired) electrons. The maximum absolute atomic E-state index is 11.5. The van der Waals surface area contributed by atoms with E-state index in [4.69, 9.17) is 5.73 Å². The molecule has 0 bridgehead atoms. The van der Waals surface area contributed by atoms with Crippen LogP contribution in [-0.4, -0.2) is 22.5 Å². The number of amides is 1. The summed E-state index contributed by atoms with van der Waals surface area (Å²) in [6, 6.07) is 11.2. The highest BCUT2D eigenvalue weighted by atomic mass is 32.1. The van der Waals surface area contributed by atoms with Gasteiger partial charge in [0.15, 0.2) is 5.13 Å². The van der Waals surface area contributed by atoms with Gasteiger partial charge in [0.05, 0.1) is 11.2 Å². The van der Waals surface area contributed by atoms with Gasteiger partial charge >= 0.3 is 0 Å². The molecule has 3 aromatic rings. The molecule has 0 aliphatic heterocycles. The number of benzene rings is 2. The van der Waals surface area contributed by atoms with Gasteiger partial charge in [-0.2, -0.15) is 0 Å². The fourth-order valence-electron chi connectivity index (χ4n) is 2.58. The number of fused-ring (bicyclic) bond motifs is 1. The number of nitrogens with one attached hydrogen (secondary N) is 2. The predicted octanol–water partition coefficient (Wildman–Crippen LogP) is 3.24. The summed E-state index contributed by atoms with van der Waals surface area (Å²) >= 11 is 1.32. The zero-order valence-electron chi connectivity index (χ0n) is 15.3. The van der Waals surface area contributed by atoms with E-state index in [9.17, 15) is 9.90 Å². The Labute approximate surface area is 167 Å². The molecule has 0 unspecified atom stereocenters. The van der Waals surface area contributed by atoms with Crippen molar-refractivity contribution in [1.29, 1.82) is 0 Å². The molecule has 1 aromatic heterocycles. The first-order chi connectivity index (χ1) is 13.5. The number of phenolic OH excluding ortho intramolecular Hbond substituents is 1. The second-order valence-corrected chi connectivity index (χ2v) is 7.03. The van der Waals surface area contributed by atoms with Gasteiger partial charge in [0.25, 0.3) is 0 Å². The number of carbonyl (C=O) groups is 1. The summed E-state index contributed by atoms with van der Waals surface area (Å²) < 4.78 is 0.808. The predicted molar refractivity (Wildman–Crippen MR) is 114 cm³/mol. The lowest BCUT2D eigenvalue weighted by Gasteiger charge is -2.06. The Bertz CT molecular complexity index is 1090. The zero-order valence-corrected chi connectivity index (χ0v) is 16.1. The summed E-state index contributed by atoms with van der Waals surface area (Å²) in [5.74, 6) is 6.03. The normalized spacial score (nSPS) is 10.6. The molecule has 28 heavy (non-hydrogen) atoms. The van der Waals surface area contributed by atoms with E-state index in [0.29, 0.717) is 29.3 Å². The van der Waals surface area contributed by atoms with Crippen LogP contribution in [0.1, 0.15) is 18.1 Å². The van der Waals surface area contributed by atoms with Gasteiger partial charge in [-0.15, -0.1) is 0 Å². The largest absolute Gasteiger partial charge is 0.506 e. The Morgan fingerprint density at radius 1 is 1.36 bits per heavy atom. The fraction of sp³-hybridized carbons (Fsp3) is 0.143. The quantitative estimate of drug-likeness (QED) is 0.395. The van der Waals surface area contributed by atoms with E-state index in [-0.39, 0.29) is 11.7 Å². The summed E-state index contributed by atoms with van der Waals surface area (Å²) in [5, 5.41) is 16.5. The lowest BCUT2D eigenvalue weighted by atomic mass is 10.2. The zero-order chi connectivity index (χ0) is 19.9. The lowest BCUT2D eigenvalue weighted by Crippen LogP contribution is -2.20. The fourth-order valence-corrected chi connectivity index (χ4v) is 3.38. The van der Waals surface area contributed by atoms with E-state index in [0.717, 1.165) is 16.0 Å². The van der Waals surface area contributed by atoms with Crippen molar-refractivity contribution in [2.75, 3.05) is 17.6 Å². The molecule has 1 heterocycles. The first kappa shape index (κ1) is 19.3. The standard InChI is InChI=1S/C21H20N4O2S/c1-2-5-19(27)24-13-15-6-3-8-16(10-15)23-9-4-7-14-11-17(26)20-18(12-14)28-21(22)25-20/h2-3,5-6,8,10-12,23,26H,9,13H2,1H3,(H2,22,25)(H,24,27)/b5-2+. The van der Waals surface area contributed by atoms with Gasteiger partial charge in [-0.1, -0.05) is 41.4 Å². The van der Waals surface area contributed by atoms with Crippen LogP contribution < -0.4 is 16.4 Å². The molecule has 0 saturated heterocycles. The molecule has 5 N–H and O–H groups in total. The number of aromatic nitrogens is 1. The minimum absolute atomic E-state index is 0.0791. The number of rotatable bonds is 5. The van der Waals surface area contributed by atoms with Gasteiger partial charge < -0.3 is 21.5 Å². The number of nitrogen functional groups attached to an aromatic ring is 1. The van der Waals surface area contributed by atoms with Crippen LogP contribution in [0.25, 0.3) is 10.2 Å². The highest BCUT2D eigenvalue weighted by molar-refractivity contribution is 7.22. The molecule has 1 amide bonds. The summed E-state index contributed by atoms with van der Waals surface area (Å²) in [6.07, 6.45) is 3.20. The Morgan fingerprint density at radius 2 is 2.21 bits per heavy atom. The van der Waals surface area contributed by atoms with Crippen LogP contribution in [0.3, 0.4) is 0 Å². The Hall–Kier alpha value is -3.50. The molecule has 6 nitrogen and oxygen atoms in total. The van der Waals surface area contributed by atoms with Gasteiger partial charge in [0.1, 0.15) is 11.3 Å². The first-order valence-electron chi connectivity index (χ1n) is 8.66. The van der Waals surface area contributed by atoms with Gasteiger partial charge in [-0.05, 0) is 42.8 Å². The van der Waals surface area contributed by atoms with Crippen LogP contribution in [0, 0.1) is 11.8 Å². The van der Waals surface area contributed by atoms with Crippen molar-refractivity contribution in [2.45, 2.75) is 13.5 Å². The van der Waals surface area contributed by atoms with E-state index in [2.05, 4.69) is 27.5 Å². The molecule has 3 rings (SSSR count). The molecular formula is C21H20N4O2S. The number of nitrogens with zero attached hydrogens (tertiary/aromatic N) is 1. The van der Waals surface area contributed by atoms with Crippen molar-refractivity contribution in [1.82, 2.24) is 10.3 Å². The molecule has 2 aromatic carbocycles. The molecule has 7 heteroatoms. The third-order valence-corrected chi connectivity index (χ3v) is 4.65. The highest BCUT2D eigenvalue weighted by Gasteiger charge is 2.07. The summed E-state index contributed by atoms with van der Waals surface area (Å²) in [7, 11) is 0. The SMILES string of the molecule is C/C=C/C(=O)NCc1cccc(NCC#Cc2cc(O)c3nc(N)sc3c2)c1. The van der Waals surface area contributed by atoms with Crippen LogP contribution in [0.4, 0.5) is 10.8 Å². The molecule has 0 fully saturated rings. The number of carbonyl (C=O) groups excluding carboxylic acids is 1. The van der Waals surface area contributed by atoms with Crippen LogP contribution in [0.15, 0.2) is 48.6 Å². The first-order valence-corrected chi connectivity index (χ1v) is 9.48. The second kappa shape index (κ2) is 8.93. The van der Waals surface area contributed by atoms with Gasteiger partial charge in [-0.25, -0.2) is 4.98 Å². The van der Waals surface area contributed by atoms with Crippen molar-refractivity contribution >= 4 is 38.3 Å². The van der Waals surface area contributed by atoms with Crippen LogP contribution in [0.5, 0.6) is 5.75 Å². The number of aromatic hydroxyl groups is 1. The lowest BCUT2D eigenvalue weighted by molar-refractivity contribution is -0.116. The monoisotopic (exact) mass is 392 g/mol. The average molecular weight is 392 g/mol. The highest BCUT2D eigenvalue weighted by Crippen LogP contribution is 2.31. The summed E-state index contributed by atoms with van der Waals surface area (Å²) in [5.41, 5.74) is 8.80. The second-order valence-electron chi connectivity index (χ2n) is 5.97. The van der Waals surface area contributed by atoms with Gasteiger partial charge in [0, 0.05) is 17.8 Å². The third-order valence-electron chi connectivity index (χ3n) is 3.82. The van der Waals surface area contributed by atoms with E-state index in [1.54, 1.807) is 19.1 Å². The van der Waals surface area contributed by atoms with E-state index in [1.165, 1.54) is 17.4 Å². The minimum Gasteiger partial charge on any atom is -0.506 e. The number of hydrogen-bond acceptors (Lipinski definition) is 6. The smallest absolute Gasteiger partial charge is 0.243 e. The molecule has 0 atom stereocenters. The number of anilines is 2. The number of thiazole rings is 1. The molecule has 0 saturated carbocycles. The van der Waals surface area contributed by atoms with E-state index < -0.39 is 0 Å². The Kier molecular flexibility index (Phi) is 6.14. The number of nitrogens with two attached hydrogens (primary N) is 1. The van der Waals surface area contributed by atoms with Crippen molar-refractivity contribution < 1.29 is 9.90 Å². The number of allylic oxidation sites excluding steroid dienone is 1. The van der Waals surface area contributed by atoms with Crippen LogP contribution in [-0.2, 0) is 11.3 Å². The van der Waals surface area contributed by atoms with E-state index in [1.807, 2.05) is 30.3 Å². The van der Waals surface area contributed by atoms with Crippen LogP contribution in [0.2, 0.25) is 0 Å². The van der Waals surface area contributed by atoms with Crippen molar-refractivity contribution in [3.63, 3.8) is 0 Å². The Balaban J connectivity index is 1.60. The minimum atomic E-state index is -0.116. The van der Waals surface area contributed by atoms with Gasteiger partial charge in [-0.3, -0.25) is 4.79 Å². The van der Waals surface area contributed by atoms with Crippen LogP contribution >= 0.6 is 11.3 Å². The molecule has 0 aliphatic carbocycles. The maximum atomic E-state index is 11.5. The van der Waals surface area contributed by atoms with E-state index >= 15 is 0 Å². The average Bonchev–Trinajstić information content (AvgIpc) is 3.05. The third kappa shape index (κ3) is 5.02. The number of hydrogen-bond donors (Lipinski definition) is 4. The molecule has 142 valence electrons. The summed E-state index contributed by atoms with van der Waals surface area (Å²) in [4.78, 5) is 15.6. The van der Waals surface area contributed by atoms with Gasteiger partial charge in [0.2, 0.25) is 5.91 Å². The molecule has 0 spiro atoms. The maximum Gasteiger partial charge on any atom is 0.243 e.